The molecule has 2 N–H and O–H groups in total. The van der Waals surface area contributed by atoms with Gasteiger partial charge in [0.25, 0.3) is 5.91 Å². The largest absolute Gasteiger partial charge is 0.386 e. The second kappa shape index (κ2) is 3.03. The molecule has 0 unspecified atom stereocenters. The summed E-state index contributed by atoms with van der Waals surface area (Å²) in [6.07, 6.45) is 0.513. The van der Waals surface area contributed by atoms with E-state index in [0.717, 1.165) is 0 Å². The summed E-state index contributed by atoms with van der Waals surface area (Å²) in [5, 5.41) is 19.1. The first kappa shape index (κ1) is 11.5. The average Bonchev–Trinajstić information content (AvgIpc) is 2.73. The van der Waals surface area contributed by atoms with E-state index in [0.29, 0.717) is 13.0 Å². The number of amidine groups is 1. The maximum Gasteiger partial charge on any atom is 0.293 e. The first-order valence-corrected chi connectivity index (χ1v) is 6.04. The minimum absolute atomic E-state index is 0.153. The maximum atomic E-state index is 9.60. The molecule has 18 heavy (non-hydrogen) atoms. The highest BCUT2D eigenvalue weighted by Crippen LogP contribution is 2.79. The summed E-state index contributed by atoms with van der Waals surface area (Å²) in [6, 6.07) is 4.41. The quantitative estimate of drug-likeness (QED) is 0.725. The molecule has 0 aromatic heterocycles. The van der Waals surface area contributed by atoms with Crippen LogP contribution in [0.2, 0.25) is 0 Å². The molecule has 1 saturated carbocycles. The number of ether oxygens (including phenoxy) is 2. The van der Waals surface area contributed by atoms with E-state index >= 15 is 0 Å². The van der Waals surface area contributed by atoms with Crippen molar-refractivity contribution in [2.75, 3.05) is 6.61 Å². The highest BCUT2D eigenvalue weighted by Gasteiger charge is 2.93. The Kier molecular flexibility index (Phi) is 1.93. The summed E-state index contributed by atoms with van der Waals surface area (Å²) < 4.78 is 11.4. The molecule has 2 heterocycles. The van der Waals surface area contributed by atoms with Gasteiger partial charge in [0.05, 0.1) is 24.8 Å². The SMILES string of the molecule is CC[C@H]1[C@@]2(C#N)[C@@]3(N=C(N)[C@@]12C#N)OC[C@H](C)O3. The zero-order valence-electron chi connectivity index (χ0n) is 10.3. The summed E-state index contributed by atoms with van der Waals surface area (Å²) in [7, 11) is 0. The number of nitrogens with two attached hydrogens (primary N) is 1. The molecule has 3 aliphatic rings. The van der Waals surface area contributed by atoms with Crippen LogP contribution >= 0.6 is 0 Å². The Morgan fingerprint density at radius 1 is 1.50 bits per heavy atom. The molecular weight excluding hydrogens is 232 g/mol. The summed E-state index contributed by atoms with van der Waals surface area (Å²) in [5.41, 5.74) is 3.78. The standard InChI is InChI=1S/C12H14N4O2/c1-3-8-10(5-13)9(15)16-12(11(8,10)6-14)17-4-7(2)18-12/h7-8H,3-4H2,1-2H3,(H2,15,16)/t7-,8+,10+,11+,12+/m0/s1. The van der Waals surface area contributed by atoms with Crippen molar-refractivity contribution in [3.63, 3.8) is 0 Å². The van der Waals surface area contributed by atoms with Gasteiger partial charge in [-0.25, -0.2) is 4.99 Å². The Bertz CT molecular complexity index is 533. The van der Waals surface area contributed by atoms with Gasteiger partial charge in [-0.3, -0.25) is 0 Å². The molecule has 0 amide bonds. The molecule has 94 valence electrons. The van der Waals surface area contributed by atoms with Gasteiger partial charge in [-0.15, -0.1) is 0 Å². The van der Waals surface area contributed by atoms with Crippen molar-refractivity contribution in [2.24, 2.45) is 27.5 Å². The zero-order chi connectivity index (χ0) is 13.2. The van der Waals surface area contributed by atoms with E-state index in [2.05, 4.69) is 17.1 Å². The number of fused-ring (bicyclic) bond motifs is 2. The summed E-state index contributed by atoms with van der Waals surface area (Å²) in [4.78, 5) is 4.19. The lowest BCUT2D eigenvalue weighted by atomic mass is 9.94. The first-order valence-electron chi connectivity index (χ1n) is 6.04. The molecule has 0 bridgehead atoms. The van der Waals surface area contributed by atoms with Gasteiger partial charge in [-0.2, -0.15) is 10.5 Å². The third-order valence-corrected chi connectivity index (χ3v) is 4.39. The van der Waals surface area contributed by atoms with Crippen LogP contribution < -0.4 is 5.73 Å². The van der Waals surface area contributed by atoms with Gasteiger partial charge in [-0.05, 0) is 13.3 Å². The predicted octanol–water partition coefficient (Wildman–Crippen LogP) is 0.506. The highest BCUT2D eigenvalue weighted by molar-refractivity contribution is 5.98. The van der Waals surface area contributed by atoms with Crippen LogP contribution in [0.5, 0.6) is 0 Å². The van der Waals surface area contributed by atoms with Crippen LogP contribution in [0.25, 0.3) is 0 Å². The van der Waals surface area contributed by atoms with Crippen molar-refractivity contribution >= 4 is 5.84 Å². The third-order valence-electron chi connectivity index (χ3n) is 4.39. The van der Waals surface area contributed by atoms with Crippen molar-refractivity contribution in [2.45, 2.75) is 32.3 Å². The Labute approximate surface area is 105 Å². The smallest absolute Gasteiger partial charge is 0.293 e. The van der Waals surface area contributed by atoms with Crippen LogP contribution in [0.1, 0.15) is 20.3 Å². The molecule has 1 aliphatic carbocycles. The number of hydrogen-bond donors (Lipinski definition) is 1. The predicted molar refractivity (Wildman–Crippen MR) is 60.7 cm³/mol. The Hall–Kier alpha value is -1.63. The lowest BCUT2D eigenvalue weighted by Crippen LogP contribution is -2.39. The Balaban J connectivity index is 2.17. The number of nitriles is 2. The Morgan fingerprint density at radius 3 is 2.61 bits per heavy atom. The van der Waals surface area contributed by atoms with E-state index in [1.807, 2.05) is 13.8 Å². The topological polar surface area (TPSA) is 104 Å². The second-order valence-corrected chi connectivity index (χ2v) is 5.12. The molecule has 1 spiro atoms. The van der Waals surface area contributed by atoms with Crippen molar-refractivity contribution in [3.05, 3.63) is 0 Å². The fourth-order valence-corrected chi connectivity index (χ4v) is 3.65. The lowest BCUT2D eigenvalue weighted by molar-refractivity contribution is -0.195. The van der Waals surface area contributed by atoms with Gasteiger partial charge >= 0.3 is 0 Å². The summed E-state index contributed by atoms with van der Waals surface area (Å²) >= 11 is 0. The van der Waals surface area contributed by atoms with E-state index in [1.165, 1.54) is 0 Å². The molecule has 0 aromatic carbocycles. The van der Waals surface area contributed by atoms with Gasteiger partial charge in [0, 0.05) is 5.92 Å². The minimum Gasteiger partial charge on any atom is -0.386 e. The molecule has 2 aliphatic heterocycles. The molecule has 0 aromatic rings. The second-order valence-electron chi connectivity index (χ2n) is 5.12. The van der Waals surface area contributed by atoms with Crippen molar-refractivity contribution in [3.8, 4) is 12.1 Å². The summed E-state index contributed by atoms with van der Waals surface area (Å²) in [6.45, 7) is 4.14. The highest BCUT2D eigenvalue weighted by atomic mass is 16.8. The number of rotatable bonds is 1. The third kappa shape index (κ3) is 0.808. The van der Waals surface area contributed by atoms with E-state index in [-0.39, 0.29) is 17.9 Å². The van der Waals surface area contributed by atoms with Crippen LogP contribution in [0.4, 0.5) is 0 Å². The van der Waals surface area contributed by atoms with E-state index in [4.69, 9.17) is 15.2 Å². The van der Waals surface area contributed by atoms with Crippen molar-refractivity contribution < 1.29 is 9.47 Å². The molecular formula is C12H14N4O2. The number of aliphatic imine (C=N–C) groups is 1. The van der Waals surface area contributed by atoms with Gasteiger partial charge in [0.2, 0.25) is 0 Å². The van der Waals surface area contributed by atoms with Crippen molar-refractivity contribution in [1.29, 1.82) is 10.5 Å². The van der Waals surface area contributed by atoms with Gasteiger partial charge in [0.1, 0.15) is 11.3 Å². The van der Waals surface area contributed by atoms with E-state index in [9.17, 15) is 10.5 Å². The molecule has 6 heteroatoms. The van der Waals surface area contributed by atoms with Gasteiger partial charge in [-0.1, -0.05) is 6.92 Å². The Morgan fingerprint density at radius 2 is 2.22 bits per heavy atom. The number of nitrogens with zero attached hydrogens (tertiary/aromatic N) is 3. The molecule has 6 nitrogen and oxygen atoms in total. The normalized spacial score (nSPS) is 52.6. The minimum atomic E-state index is -1.37. The number of hydrogen-bond acceptors (Lipinski definition) is 6. The van der Waals surface area contributed by atoms with Crippen LogP contribution in [-0.4, -0.2) is 24.5 Å². The van der Waals surface area contributed by atoms with Crippen molar-refractivity contribution in [1.82, 2.24) is 0 Å². The first-order chi connectivity index (χ1) is 8.54. The van der Waals surface area contributed by atoms with Crippen LogP contribution in [0.3, 0.4) is 0 Å². The fraction of sp³-hybridized carbons (Fsp3) is 0.750. The summed E-state index contributed by atoms with van der Waals surface area (Å²) in [5.74, 6) is -1.38. The van der Waals surface area contributed by atoms with E-state index < -0.39 is 16.7 Å². The van der Waals surface area contributed by atoms with E-state index in [1.54, 1.807) is 0 Å². The van der Waals surface area contributed by atoms with Gasteiger partial charge in [0.15, 0.2) is 5.41 Å². The fourth-order valence-electron chi connectivity index (χ4n) is 3.65. The zero-order valence-corrected chi connectivity index (χ0v) is 10.3. The van der Waals surface area contributed by atoms with Crippen LogP contribution in [-0.2, 0) is 9.47 Å². The van der Waals surface area contributed by atoms with Gasteiger partial charge < -0.3 is 15.2 Å². The molecule has 0 radical (unpaired) electrons. The average molecular weight is 246 g/mol. The molecule has 5 atom stereocenters. The van der Waals surface area contributed by atoms with Crippen LogP contribution in [0, 0.1) is 39.4 Å². The van der Waals surface area contributed by atoms with Crippen LogP contribution in [0.15, 0.2) is 4.99 Å². The maximum absolute atomic E-state index is 9.60. The lowest BCUT2D eigenvalue weighted by Gasteiger charge is -2.26. The molecule has 2 fully saturated rings. The monoisotopic (exact) mass is 246 g/mol. The molecule has 3 rings (SSSR count). The molecule has 1 saturated heterocycles.